The third-order valence-electron chi connectivity index (χ3n) is 2.88. The number of rotatable bonds is 4. The Balaban J connectivity index is 2.48. The second-order valence-electron chi connectivity index (χ2n) is 4.89. The number of hydrogen-bond acceptors (Lipinski definition) is 5. The lowest BCUT2D eigenvalue weighted by molar-refractivity contribution is 0.0377. The van der Waals surface area contributed by atoms with Crippen molar-refractivity contribution >= 4 is 34.4 Å². The van der Waals surface area contributed by atoms with E-state index in [-0.39, 0.29) is 23.3 Å². The Morgan fingerprint density at radius 3 is 2.64 bits per heavy atom. The molecule has 0 N–H and O–H groups in total. The van der Waals surface area contributed by atoms with Crippen LogP contribution in [-0.2, 0) is 9.47 Å². The Morgan fingerprint density at radius 2 is 2.00 bits per heavy atom. The molecule has 0 radical (unpaired) electrons. The predicted molar refractivity (Wildman–Crippen MR) is 83.3 cm³/mol. The third kappa shape index (κ3) is 3.36. The van der Waals surface area contributed by atoms with Crippen LogP contribution in [0, 0.1) is 0 Å². The Morgan fingerprint density at radius 1 is 1.27 bits per heavy atom. The summed E-state index contributed by atoms with van der Waals surface area (Å²) in [6, 6.07) is 4.84. The van der Waals surface area contributed by atoms with Gasteiger partial charge in [-0.3, -0.25) is 4.98 Å². The topological polar surface area (TPSA) is 65.5 Å². The second-order valence-corrected chi connectivity index (χ2v) is 5.27. The van der Waals surface area contributed by atoms with Crippen molar-refractivity contribution in [3.05, 3.63) is 40.5 Å². The minimum atomic E-state index is -0.544. The first-order valence-electron chi connectivity index (χ1n) is 6.90. The number of nitrogens with zero attached hydrogens (tertiary/aromatic N) is 1. The summed E-state index contributed by atoms with van der Waals surface area (Å²) in [5.74, 6) is -0.994. The summed E-state index contributed by atoms with van der Waals surface area (Å²) in [5.41, 5.74) is 1.11. The van der Waals surface area contributed by atoms with Crippen molar-refractivity contribution in [1.82, 2.24) is 4.98 Å². The summed E-state index contributed by atoms with van der Waals surface area (Å²) in [6.07, 6.45) is 1.15. The summed E-state index contributed by atoms with van der Waals surface area (Å²) in [7, 11) is 0. The summed E-state index contributed by atoms with van der Waals surface area (Å²) in [5, 5.41) is 0.716. The lowest BCUT2D eigenvalue weighted by Gasteiger charge is -2.10. The maximum Gasteiger partial charge on any atom is 0.341 e. The Bertz CT molecular complexity index is 727. The smallest absolute Gasteiger partial charge is 0.341 e. The second kappa shape index (κ2) is 6.75. The van der Waals surface area contributed by atoms with E-state index in [4.69, 9.17) is 21.1 Å². The van der Waals surface area contributed by atoms with Crippen molar-refractivity contribution in [2.24, 2.45) is 0 Å². The number of carbonyl (C=O) groups is 2. The van der Waals surface area contributed by atoms with Crippen LogP contribution in [0.15, 0.2) is 24.4 Å². The molecule has 0 saturated heterocycles. The van der Waals surface area contributed by atoms with Crippen LogP contribution in [0.2, 0.25) is 5.02 Å². The maximum atomic E-state index is 12.0. The predicted octanol–water partition coefficient (Wildman–Crippen LogP) is 3.63. The van der Waals surface area contributed by atoms with Gasteiger partial charge in [0.25, 0.3) is 0 Å². The van der Waals surface area contributed by atoms with E-state index < -0.39 is 11.9 Å². The van der Waals surface area contributed by atoms with E-state index in [0.717, 1.165) is 0 Å². The number of esters is 2. The number of benzene rings is 1. The molecule has 0 aliphatic heterocycles. The molecular formula is C16H16ClNO4. The number of halogens is 1. The van der Waals surface area contributed by atoms with Gasteiger partial charge in [-0.25, -0.2) is 9.59 Å². The van der Waals surface area contributed by atoms with Crippen LogP contribution in [0.4, 0.5) is 0 Å². The molecule has 1 aromatic carbocycles. The van der Waals surface area contributed by atoms with Crippen LogP contribution < -0.4 is 0 Å². The number of pyridine rings is 1. The highest BCUT2D eigenvalue weighted by molar-refractivity contribution is 6.38. The average molecular weight is 322 g/mol. The Labute approximate surface area is 133 Å². The van der Waals surface area contributed by atoms with Crippen LogP contribution in [0.3, 0.4) is 0 Å². The highest BCUT2D eigenvalue weighted by atomic mass is 35.5. The molecule has 0 unspecified atom stereocenters. The van der Waals surface area contributed by atoms with Gasteiger partial charge in [0.1, 0.15) is 0 Å². The Hall–Kier alpha value is -2.14. The van der Waals surface area contributed by atoms with Crippen LogP contribution in [-0.4, -0.2) is 29.6 Å². The summed E-state index contributed by atoms with van der Waals surface area (Å²) in [6.45, 7) is 5.49. The molecule has 22 heavy (non-hydrogen) atoms. The van der Waals surface area contributed by atoms with Gasteiger partial charge in [0.2, 0.25) is 0 Å². The van der Waals surface area contributed by atoms with Gasteiger partial charge >= 0.3 is 11.9 Å². The highest BCUT2D eigenvalue weighted by Gasteiger charge is 2.17. The van der Waals surface area contributed by atoms with E-state index in [2.05, 4.69) is 4.98 Å². The van der Waals surface area contributed by atoms with Gasteiger partial charge in [0.15, 0.2) is 0 Å². The van der Waals surface area contributed by atoms with Gasteiger partial charge in [-0.2, -0.15) is 0 Å². The molecule has 5 nitrogen and oxygen atoms in total. The first-order valence-corrected chi connectivity index (χ1v) is 7.28. The number of carbonyl (C=O) groups excluding carboxylic acids is 2. The fourth-order valence-corrected chi connectivity index (χ4v) is 2.20. The van der Waals surface area contributed by atoms with Gasteiger partial charge in [-0.1, -0.05) is 11.6 Å². The van der Waals surface area contributed by atoms with Gasteiger partial charge in [0, 0.05) is 11.6 Å². The van der Waals surface area contributed by atoms with E-state index in [1.54, 1.807) is 39.0 Å². The zero-order valence-corrected chi connectivity index (χ0v) is 13.3. The molecule has 2 aromatic rings. The minimum absolute atomic E-state index is 0.172. The van der Waals surface area contributed by atoms with E-state index in [1.165, 1.54) is 6.20 Å². The van der Waals surface area contributed by atoms with E-state index in [0.29, 0.717) is 16.5 Å². The summed E-state index contributed by atoms with van der Waals surface area (Å²) >= 11 is 6.26. The number of hydrogen-bond donors (Lipinski definition) is 0. The average Bonchev–Trinajstić information content (AvgIpc) is 2.47. The molecule has 0 spiro atoms. The molecule has 2 rings (SSSR count). The quantitative estimate of drug-likeness (QED) is 0.804. The zero-order valence-electron chi connectivity index (χ0n) is 12.6. The minimum Gasteiger partial charge on any atom is -0.462 e. The van der Waals surface area contributed by atoms with Crippen molar-refractivity contribution in [1.29, 1.82) is 0 Å². The van der Waals surface area contributed by atoms with Crippen LogP contribution in [0.25, 0.3) is 10.9 Å². The first kappa shape index (κ1) is 16.2. The van der Waals surface area contributed by atoms with Crippen molar-refractivity contribution in [2.75, 3.05) is 6.61 Å². The summed E-state index contributed by atoms with van der Waals surface area (Å²) < 4.78 is 10.1. The lowest BCUT2D eigenvalue weighted by atomic mass is 10.1. The number of fused-ring (bicyclic) bond motifs is 1. The largest absolute Gasteiger partial charge is 0.462 e. The lowest BCUT2D eigenvalue weighted by Crippen LogP contribution is -2.11. The monoisotopic (exact) mass is 321 g/mol. The molecule has 0 bridgehead atoms. The molecule has 0 amide bonds. The Kier molecular flexibility index (Phi) is 4.98. The SMILES string of the molecule is CCOC(=O)c1cnc2ccc(C(=O)OC(C)C)cc2c1Cl. The van der Waals surface area contributed by atoms with Crippen LogP contribution in [0.1, 0.15) is 41.5 Å². The maximum absolute atomic E-state index is 12.0. The molecule has 0 saturated carbocycles. The molecule has 1 heterocycles. The standard InChI is InChI=1S/C16H16ClNO4/c1-4-21-16(20)12-8-18-13-6-5-10(7-11(13)14(12)17)15(19)22-9(2)3/h5-9H,4H2,1-3H3. The van der Waals surface area contributed by atoms with Gasteiger partial charge < -0.3 is 9.47 Å². The summed E-state index contributed by atoms with van der Waals surface area (Å²) in [4.78, 5) is 28.0. The van der Waals surface area contributed by atoms with Crippen molar-refractivity contribution in [3.63, 3.8) is 0 Å². The molecule has 6 heteroatoms. The van der Waals surface area contributed by atoms with Crippen molar-refractivity contribution < 1.29 is 19.1 Å². The van der Waals surface area contributed by atoms with Crippen LogP contribution >= 0.6 is 11.6 Å². The third-order valence-corrected chi connectivity index (χ3v) is 3.28. The molecule has 0 fully saturated rings. The molecule has 116 valence electrons. The molecule has 0 aliphatic rings. The van der Waals surface area contributed by atoms with Crippen molar-refractivity contribution in [3.8, 4) is 0 Å². The van der Waals surface area contributed by atoms with Crippen molar-refractivity contribution in [2.45, 2.75) is 26.9 Å². The molecule has 0 aliphatic carbocycles. The van der Waals surface area contributed by atoms with Gasteiger partial charge in [-0.05, 0) is 39.0 Å². The molecule has 0 atom stereocenters. The first-order chi connectivity index (χ1) is 10.4. The zero-order chi connectivity index (χ0) is 16.3. The van der Waals surface area contributed by atoms with Gasteiger partial charge in [-0.15, -0.1) is 0 Å². The highest BCUT2D eigenvalue weighted by Crippen LogP contribution is 2.27. The number of ether oxygens (including phenoxy) is 2. The molecule has 1 aromatic heterocycles. The fraction of sp³-hybridized carbons (Fsp3) is 0.312. The van der Waals surface area contributed by atoms with E-state index in [1.807, 2.05) is 0 Å². The van der Waals surface area contributed by atoms with E-state index in [9.17, 15) is 9.59 Å². The normalized spacial score (nSPS) is 10.8. The number of aromatic nitrogens is 1. The fourth-order valence-electron chi connectivity index (χ4n) is 1.92. The molecular weight excluding hydrogens is 306 g/mol. The van der Waals surface area contributed by atoms with E-state index >= 15 is 0 Å². The van der Waals surface area contributed by atoms with Crippen LogP contribution in [0.5, 0.6) is 0 Å². The van der Waals surface area contributed by atoms with Gasteiger partial charge in [0.05, 0.1) is 34.4 Å².